The summed E-state index contributed by atoms with van der Waals surface area (Å²) < 4.78 is 4.73. The molecule has 0 bridgehead atoms. The number of aliphatic hydroxyl groups is 1. The molecule has 5 heteroatoms. The molecule has 0 unspecified atom stereocenters. The van der Waals surface area contributed by atoms with E-state index >= 15 is 0 Å². The molecule has 0 saturated carbocycles. The van der Waals surface area contributed by atoms with E-state index in [4.69, 9.17) is 4.74 Å². The van der Waals surface area contributed by atoms with Gasteiger partial charge in [0.15, 0.2) is 0 Å². The van der Waals surface area contributed by atoms with Crippen molar-refractivity contribution in [3.8, 4) is 0 Å². The van der Waals surface area contributed by atoms with E-state index in [1.807, 2.05) is 0 Å². The predicted octanol–water partition coefficient (Wildman–Crippen LogP) is 3.58. The molecule has 4 nitrogen and oxygen atoms in total. The van der Waals surface area contributed by atoms with Gasteiger partial charge in [-0.1, -0.05) is 32.6 Å². The molecule has 0 spiro atoms. The van der Waals surface area contributed by atoms with Crippen LogP contribution in [0.25, 0.3) is 0 Å². The molecule has 0 fully saturated rings. The quantitative estimate of drug-likeness (QED) is 0.566. The largest absolute Gasteiger partial charge is 0.465 e. The summed E-state index contributed by atoms with van der Waals surface area (Å²) in [6, 6.07) is 1.73. The molecule has 19 heavy (non-hydrogen) atoms. The summed E-state index contributed by atoms with van der Waals surface area (Å²) in [6.07, 6.45) is 4.78. The molecule has 1 aromatic rings. The van der Waals surface area contributed by atoms with Gasteiger partial charge in [-0.05, 0) is 12.5 Å². The van der Waals surface area contributed by atoms with Gasteiger partial charge < -0.3 is 15.2 Å². The van der Waals surface area contributed by atoms with Crippen LogP contribution in [0, 0.1) is 0 Å². The molecule has 0 aliphatic heterocycles. The van der Waals surface area contributed by atoms with Crippen LogP contribution >= 0.6 is 11.3 Å². The average Bonchev–Trinajstić information content (AvgIpc) is 2.86. The van der Waals surface area contributed by atoms with Crippen molar-refractivity contribution in [3.05, 3.63) is 16.5 Å². The number of aliphatic hydroxyl groups excluding tert-OH is 1. The zero-order valence-electron chi connectivity index (χ0n) is 11.9. The minimum Gasteiger partial charge on any atom is -0.465 e. The third-order valence-electron chi connectivity index (χ3n) is 3.04. The number of unbranched alkanes of at least 4 members (excludes halogenated alkanes) is 3. The topological polar surface area (TPSA) is 58.6 Å². The van der Waals surface area contributed by atoms with E-state index in [2.05, 4.69) is 12.2 Å². The molecule has 2 N–H and O–H groups in total. The number of carbonyl (C=O) groups excluding carboxylic acids is 1. The Morgan fingerprint density at radius 3 is 2.79 bits per heavy atom. The van der Waals surface area contributed by atoms with Crippen LogP contribution in [0.3, 0.4) is 0 Å². The van der Waals surface area contributed by atoms with Gasteiger partial charge in [0.2, 0.25) is 0 Å². The standard InChI is InChI=1S/C14H23NO3S/c1-4-5-6-7-8-11(16)12-9-10(14(17)18-3)13(15-2)19-12/h9,11,15-16H,4-8H2,1-3H3/t11-/m1/s1. The minimum atomic E-state index is -0.493. The van der Waals surface area contributed by atoms with Crippen molar-refractivity contribution in [1.29, 1.82) is 0 Å². The molecule has 0 saturated heterocycles. The zero-order chi connectivity index (χ0) is 14.3. The van der Waals surface area contributed by atoms with Gasteiger partial charge in [0, 0.05) is 11.9 Å². The monoisotopic (exact) mass is 285 g/mol. The molecule has 1 aromatic heterocycles. The van der Waals surface area contributed by atoms with Crippen molar-refractivity contribution in [2.24, 2.45) is 0 Å². The minimum absolute atomic E-state index is 0.370. The van der Waals surface area contributed by atoms with Crippen molar-refractivity contribution in [2.45, 2.75) is 45.1 Å². The Morgan fingerprint density at radius 1 is 1.47 bits per heavy atom. The Kier molecular flexibility index (Phi) is 6.87. The summed E-state index contributed by atoms with van der Waals surface area (Å²) in [5.74, 6) is -0.370. The van der Waals surface area contributed by atoms with E-state index in [0.29, 0.717) is 5.56 Å². The van der Waals surface area contributed by atoms with E-state index in [-0.39, 0.29) is 5.97 Å². The van der Waals surface area contributed by atoms with Crippen LogP contribution in [0.2, 0.25) is 0 Å². The summed E-state index contributed by atoms with van der Waals surface area (Å²) in [7, 11) is 3.12. The Balaban J connectivity index is 2.67. The number of hydrogen-bond donors (Lipinski definition) is 2. The Bertz CT molecular complexity index is 403. The van der Waals surface area contributed by atoms with Gasteiger partial charge in [0.1, 0.15) is 5.00 Å². The molecule has 1 heterocycles. The highest BCUT2D eigenvalue weighted by Crippen LogP contribution is 2.34. The van der Waals surface area contributed by atoms with E-state index in [1.165, 1.54) is 31.3 Å². The second kappa shape index (κ2) is 8.17. The third kappa shape index (κ3) is 4.51. The molecule has 0 aliphatic carbocycles. The molecular formula is C14H23NO3S. The van der Waals surface area contributed by atoms with Crippen molar-refractivity contribution < 1.29 is 14.6 Å². The highest BCUT2D eigenvalue weighted by atomic mass is 32.1. The van der Waals surface area contributed by atoms with Gasteiger partial charge in [-0.3, -0.25) is 0 Å². The van der Waals surface area contributed by atoms with E-state index in [0.717, 1.165) is 29.1 Å². The summed E-state index contributed by atoms with van der Waals surface area (Å²) in [5.41, 5.74) is 0.498. The van der Waals surface area contributed by atoms with Gasteiger partial charge in [-0.15, -0.1) is 11.3 Å². The number of thiophene rings is 1. The second-order valence-corrected chi connectivity index (χ2v) is 5.58. The van der Waals surface area contributed by atoms with Crippen molar-refractivity contribution in [3.63, 3.8) is 0 Å². The van der Waals surface area contributed by atoms with Crippen LogP contribution in [-0.2, 0) is 4.74 Å². The summed E-state index contributed by atoms with van der Waals surface area (Å²) in [6.45, 7) is 2.16. The van der Waals surface area contributed by atoms with Crippen molar-refractivity contribution >= 4 is 22.3 Å². The predicted molar refractivity (Wildman–Crippen MR) is 78.9 cm³/mol. The number of carbonyl (C=O) groups is 1. The maximum atomic E-state index is 11.6. The smallest absolute Gasteiger partial charge is 0.340 e. The van der Waals surface area contributed by atoms with Crippen LogP contribution < -0.4 is 5.32 Å². The maximum absolute atomic E-state index is 11.6. The number of ether oxygens (including phenoxy) is 1. The van der Waals surface area contributed by atoms with Crippen LogP contribution in [-0.4, -0.2) is 25.2 Å². The number of nitrogens with one attached hydrogen (secondary N) is 1. The molecule has 1 atom stereocenters. The Hall–Kier alpha value is -1.07. The first kappa shape index (κ1) is 16.0. The van der Waals surface area contributed by atoms with Gasteiger partial charge >= 0.3 is 5.97 Å². The summed E-state index contributed by atoms with van der Waals surface area (Å²) in [4.78, 5) is 12.4. The van der Waals surface area contributed by atoms with Crippen molar-refractivity contribution in [1.82, 2.24) is 0 Å². The molecule has 0 aromatic carbocycles. The number of esters is 1. The zero-order valence-corrected chi connectivity index (χ0v) is 12.7. The van der Waals surface area contributed by atoms with E-state index in [1.54, 1.807) is 13.1 Å². The summed E-state index contributed by atoms with van der Waals surface area (Å²) >= 11 is 1.41. The fourth-order valence-electron chi connectivity index (χ4n) is 1.93. The number of rotatable bonds is 8. The van der Waals surface area contributed by atoms with Crippen LogP contribution in [0.4, 0.5) is 5.00 Å². The van der Waals surface area contributed by atoms with Crippen LogP contribution in [0.5, 0.6) is 0 Å². The molecule has 0 amide bonds. The van der Waals surface area contributed by atoms with Gasteiger partial charge in [0.25, 0.3) is 0 Å². The average molecular weight is 285 g/mol. The lowest BCUT2D eigenvalue weighted by atomic mass is 10.1. The SMILES string of the molecule is CCCCCC[C@@H](O)c1cc(C(=O)OC)c(NC)s1. The lowest BCUT2D eigenvalue weighted by molar-refractivity contribution is 0.0602. The van der Waals surface area contributed by atoms with E-state index < -0.39 is 6.10 Å². The third-order valence-corrected chi connectivity index (χ3v) is 4.30. The highest BCUT2D eigenvalue weighted by molar-refractivity contribution is 7.16. The first-order valence-electron chi connectivity index (χ1n) is 6.71. The molecule has 0 radical (unpaired) electrons. The van der Waals surface area contributed by atoms with Crippen LogP contribution in [0.1, 0.15) is 60.4 Å². The highest BCUT2D eigenvalue weighted by Gasteiger charge is 2.19. The summed E-state index contributed by atoms with van der Waals surface area (Å²) in [5, 5.41) is 13.9. The van der Waals surface area contributed by atoms with E-state index in [9.17, 15) is 9.90 Å². The van der Waals surface area contributed by atoms with Gasteiger partial charge in [-0.25, -0.2) is 4.79 Å². The lowest BCUT2D eigenvalue weighted by Crippen LogP contribution is -2.02. The second-order valence-electron chi connectivity index (χ2n) is 4.50. The van der Waals surface area contributed by atoms with Crippen molar-refractivity contribution in [2.75, 3.05) is 19.5 Å². The lowest BCUT2D eigenvalue weighted by Gasteiger charge is -2.07. The Labute approximate surface area is 118 Å². The molecule has 108 valence electrons. The fraction of sp³-hybridized carbons (Fsp3) is 0.643. The molecular weight excluding hydrogens is 262 g/mol. The normalized spacial score (nSPS) is 12.2. The first-order chi connectivity index (χ1) is 9.13. The Morgan fingerprint density at radius 2 is 2.21 bits per heavy atom. The number of anilines is 1. The van der Waals surface area contributed by atoms with Gasteiger partial charge in [-0.2, -0.15) is 0 Å². The van der Waals surface area contributed by atoms with Gasteiger partial charge in [0.05, 0.1) is 18.8 Å². The molecule has 1 rings (SSSR count). The van der Waals surface area contributed by atoms with Crippen LogP contribution in [0.15, 0.2) is 6.07 Å². The maximum Gasteiger partial charge on any atom is 0.340 e. The number of hydrogen-bond acceptors (Lipinski definition) is 5. The first-order valence-corrected chi connectivity index (χ1v) is 7.53. The number of methoxy groups -OCH3 is 1. The fourth-order valence-corrected chi connectivity index (χ4v) is 2.95. The molecule has 0 aliphatic rings.